The minimum atomic E-state index is -3.47. The largest absolute Gasteiger partial charge is 0.336 e. The van der Waals surface area contributed by atoms with Crippen molar-refractivity contribution >= 4 is 27.1 Å². The van der Waals surface area contributed by atoms with Gasteiger partial charge in [-0.15, -0.1) is 11.3 Å². The number of hydrogen-bond acceptors (Lipinski definition) is 5. The van der Waals surface area contributed by atoms with Crippen LogP contribution < -0.4 is 0 Å². The van der Waals surface area contributed by atoms with Crippen molar-refractivity contribution in [2.24, 2.45) is 0 Å². The molecule has 1 saturated heterocycles. The summed E-state index contributed by atoms with van der Waals surface area (Å²) in [7, 11) is -3.47. The van der Waals surface area contributed by atoms with Crippen LogP contribution in [0.3, 0.4) is 0 Å². The van der Waals surface area contributed by atoms with E-state index in [2.05, 4.69) is 4.98 Å². The first kappa shape index (κ1) is 17.4. The van der Waals surface area contributed by atoms with Gasteiger partial charge in [0.1, 0.15) is 5.75 Å². The second-order valence-electron chi connectivity index (χ2n) is 6.05. The summed E-state index contributed by atoms with van der Waals surface area (Å²) in [5.74, 6) is -0.836. The lowest BCUT2D eigenvalue weighted by Crippen LogP contribution is -2.49. The lowest BCUT2D eigenvalue weighted by atomic mass is 9.98. The molecule has 1 aromatic heterocycles. The van der Waals surface area contributed by atoms with Crippen LogP contribution >= 0.6 is 11.3 Å². The molecule has 7 heteroatoms. The molecule has 1 amide bonds. The van der Waals surface area contributed by atoms with E-state index >= 15 is 0 Å². The SMILES string of the molecule is CCc1nc(CS(=O)(=O)CC(=O)N2C(C)CCCC2C)cs1. The van der Waals surface area contributed by atoms with Crippen molar-refractivity contribution in [2.75, 3.05) is 5.75 Å². The van der Waals surface area contributed by atoms with Crippen LogP contribution in [0, 0.1) is 0 Å². The van der Waals surface area contributed by atoms with Crippen LogP contribution in [-0.2, 0) is 26.8 Å². The molecule has 0 N–H and O–H groups in total. The molecule has 124 valence electrons. The maximum Gasteiger partial charge on any atom is 0.238 e. The summed E-state index contributed by atoms with van der Waals surface area (Å²) in [5, 5.41) is 2.70. The average molecular weight is 345 g/mol. The maximum atomic E-state index is 12.4. The van der Waals surface area contributed by atoms with E-state index < -0.39 is 15.6 Å². The fraction of sp³-hybridized carbons (Fsp3) is 0.733. The first-order valence-electron chi connectivity index (χ1n) is 7.77. The van der Waals surface area contributed by atoms with Crippen molar-refractivity contribution in [3.8, 4) is 0 Å². The molecule has 0 aromatic carbocycles. The van der Waals surface area contributed by atoms with Crippen LogP contribution in [0.25, 0.3) is 0 Å². The molecule has 0 aliphatic carbocycles. The molecular formula is C15H24N2O3S2. The fourth-order valence-corrected chi connectivity index (χ4v) is 5.11. The maximum absolute atomic E-state index is 12.4. The zero-order valence-corrected chi connectivity index (χ0v) is 15.0. The van der Waals surface area contributed by atoms with E-state index in [1.54, 1.807) is 10.3 Å². The van der Waals surface area contributed by atoms with Crippen LogP contribution in [0.15, 0.2) is 5.38 Å². The predicted molar refractivity (Wildman–Crippen MR) is 88.6 cm³/mol. The van der Waals surface area contributed by atoms with Crippen LogP contribution in [0.1, 0.15) is 50.7 Å². The molecule has 0 bridgehead atoms. The molecule has 2 heterocycles. The Labute approximate surface area is 136 Å². The lowest BCUT2D eigenvalue weighted by molar-refractivity contribution is -0.134. The Morgan fingerprint density at radius 3 is 2.55 bits per heavy atom. The monoisotopic (exact) mass is 344 g/mol. The van der Waals surface area contributed by atoms with Gasteiger partial charge < -0.3 is 4.90 Å². The third kappa shape index (κ3) is 4.29. The van der Waals surface area contributed by atoms with Crippen molar-refractivity contribution in [2.45, 2.75) is 64.3 Å². The third-order valence-corrected chi connectivity index (χ3v) is 6.56. The quantitative estimate of drug-likeness (QED) is 0.822. The van der Waals surface area contributed by atoms with Gasteiger partial charge in [-0.1, -0.05) is 6.92 Å². The minimum Gasteiger partial charge on any atom is -0.336 e. The van der Waals surface area contributed by atoms with Crippen LogP contribution in [0.2, 0.25) is 0 Å². The van der Waals surface area contributed by atoms with E-state index in [0.717, 1.165) is 30.7 Å². The second kappa shape index (κ2) is 7.08. The topological polar surface area (TPSA) is 67.3 Å². The van der Waals surface area contributed by atoms with E-state index in [1.807, 2.05) is 20.8 Å². The molecule has 5 nitrogen and oxygen atoms in total. The van der Waals surface area contributed by atoms with E-state index in [9.17, 15) is 13.2 Å². The number of likely N-dealkylation sites (tertiary alicyclic amines) is 1. The van der Waals surface area contributed by atoms with Crippen LogP contribution in [0.5, 0.6) is 0 Å². The standard InChI is InChI=1S/C15H24N2O3S2/c1-4-14-16-13(8-21-14)9-22(19,20)10-15(18)17-11(2)6-5-7-12(17)3/h8,11-12H,4-7,9-10H2,1-3H3. The second-order valence-corrected chi connectivity index (χ2v) is 9.06. The summed E-state index contributed by atoms with van der Waals surface area (Å²) in [4.78, 5) is 18.4. The van der Waals surface area contributed by atoms with E-state index in [1.165, 1.54) is 11.3 Å². The highest BCUT2D eigenvalue weighted by Gasteiger charge is 2.31. The molecule has 1 fully saturated rings. The number of aromatic nitrogens is 1. The zero-order valence-electron chi connectivity index (χ0n) is 13.4. The Bertz CT molecular complexity index is 614. The fourth-order valence-electron chi connectivity index (χ4n) is 3.03. The molecular weight excluding hydrogens is 320 g/mol. The predicted octanol–water partition coefficient (Wildman–Crippen LogP) is 2.41. The van der Waals surface area contributed by atoms with Crippen molar-refractivity contribution in [1.29, 1.82) is 0 Å². The van der Waals surface area contributed by atoms with Gasteiger partial charge in [-0.2, -0.15) is 0 Å². The molecule has 2 rings (SSSR count). The smallest absolute Gasteiger partial charge is 0.238 e. The number of thiazole rings is 1. The molecule has 0 saturated carbocycles. The van der Waals surface area contributed by atoms with Gasteiger partial charge >= 0.3 is 0 Å². The van der Waals surface area contributed by atoms with Gasteiger partial charge in [0, 0.05) is 17.5 Å². The van der Waals surface area contributed by atoms with Gasteiger partial charge in [-0.25, -0.2) is 13.4 Å². The zero-order chi connectivity index (χ0) is 16.3. The Hall–Kier alpha value is -0.950. The number of sulfone groups is 1. The van der Waals surface area contributed by atoms with Crippen molar-refractivity contribution in [3.05, 3.63) is 16.1 Å². The van der Waals surface area contributed by atoms with Crippen molar-refractivity contribution in [1.82, 2.24) is 9.88 Å². The van der Waals surface area contributed by atoms with Gasteiger partial charge in [0.15, 0.2) is 9.84 Å². The van der Waals surface area contributed by atoms with Crippen LogP contribution in [-0.4, -0.2) is 42.0 Å². The molecule has 2 atom stereocenters. The normalized spacial score (nSPS) is 22.8. The van der Waals surface area contributed by atoms with Gasteiger partial charge in [0.25, 0.3) is 0 Å². The van der Waals surface area contributed by atoms with Crippen molar-refractivity contribution < 1.29 is 13.2 Å². The highest BCUT2D eigenvalue weighted by molar-refractivity contribution is 7.91. The number of carbonyl (C=O) groups is 1. The van der Waals surface area contributed by atoms with Gasteiger partial charge in [0.05, 0.1) is 16.5 Å². The number of carbonyl (C=O) groups excluding carboxylic acids is 1. The Kier molecular flexibility index (Phi) is 5.60. The van der Waals surface area contributed by atoms with Crippen molar-refractivity contribution in [3.63, 3.8) is 0 Å². The summed E-state index contributed by atoms with van der Waals surface area (Å²) in [6, 6.07) is 0.245. The highest BCUT2D eigenvalue weighted by Crippen LogP contribution is 2.23. The summed E-state index contributed by atoms with van der Waals surface area (Å²) in [6.45, 7) is 5.97. The molecule has 1 aromatic rings. The summed E-state index contributed by atoms with van der Waals surface area (Å²) in [6.07, 6.45) is 3.79. The molecule has 0 radical (unpaired) electrons. The number of piperidine rings is 1. The number of amides is 1. The first-order chi connectivity index (χ1) is 10.3. The highest BCUT2D eigenvalue weighted by atomic mass is 32.2. The Morgan fingerprint density at radius 2 is 2.00 bits per heavy atom. The molecule has 1 aliphatic rings. The summed E-state index contributed by atoms with van der Waals surface area (Å²) < 4.78 is 24.6. The van der Waals surface area contributed by atoms with Crippen LogP contribution in [0.4, 0.5) is 0 Å². The van der Waals surface area contributed by atoms with E-state index in [0.29, 0.717) is 5.69 Å². The minimum absolute atomic E-state index is 0.123. The number of hydrogen-bond donors (Lipinski definition) is 0. The van der Waals surface area contributed by atoms with Gasteiger partial charge in [0.2, 0.25) is 5.91 Å². The third-order valence-electron chi connectivity index (χ3n) is 4.09. The molecule has 2 unspecified atom stereocenters. The number of aryl methyl sites for hydroxylation is 1. The molecule has 0 spiro atoms. The summed E-state index contributed by atoms with van der Waals surface area (Å²) in [5.41, 5.74) is 0.550. The number of nitrogens with zero attached hydrogens (tertiary/aromatic N) is 2. The number of rotatable bonds is 5. The Balaban J connectivity index is 2.02. The molecule has 22 heavy (non-hydrogen) atoms. The first-order valence-corrected chi connectivity index (χ1v) is 10.5. The molecule has 1 aliphatic heterocycles. The summed E-state index contributed by atoms with van der Waals surface area (Å²) >= 11 is 1.47. The van der Waals surface area contributed by atoms with E-state index in [4.69, 9.17) is 0 Å². The van der Waals surface area contributed by atoms with E-state index in [-0.39, 0.29) is 23.7 Å². The lowest BCUT2D eigenvalue weighted by Gasteiger charge is -2.39. The van der Waals surface area contributed by atoms with Gasteiger partial charge in [-0.05, 0) is 39.5 Å². The van der Waals surface area contributed by atoms with Gasteiger partial charge in [-0.3, -0.25) is 4.79 Å². The Morgan fingerprint density at radius 1 is 1.36 bits per heavy atom. The average Bonchev–Trinajstić information content (AvgIpc) is 2.84.